The van der Waals surface area contributed by atoms with Gasteiger partial charge in [-0.05, 0) is 17.7 Å². The zero-order valence-electron chi connectivity index (χ0n) is 15.9. The van der Waals surface area contributed by atoms with Gasteiger partial charge in [0.2, 0.25) is 17.0 Å². The fourth-order valence-electron chi connectivity index (χ4n) is 2.31. The van der Waals surface area contributed by atoms with Gasteiger partial charge < -0.3 is 14.8 Å². The van der Waals surface area contributed by atoms with E-state index in [9.17, 15) is 4.79 Å². The van der Waals surface area contributed by atoms with Gasteiger partial charge >= 0.3 is 0 Å². The summed E-state index contributed by atoms with van der Waals surface area (Å²) in [6, 6.07) is 14.8. The average molecular weight is 412 g/mol. The highest BCUT2D eigenvalue weighted by atomic mass is 32.2. The van der Waals surface area contributed by atoms with Crippen molar-refractivity contribution in [2.24, 2.45) is 5.10 Å². The Bertz CT molecular complexity index is 977. The third-order valence-electron chi connectivity index (χ3n) is 3.65. The number of rotatable bonds is 9. The molecule has 0 radical (unpaired) electrons. The van der Waals surface area contributed by atoms with E-state index in [4.69, 9.17) is 9.47 Å². The highest BCUT2D eigenvalue weighted by Gasteiger charge is 2.10. The highest BCUT2D eigenvalue weighted by Crippen LogP contribution is 2.29. The van der Waals surface area contributed by atoms with E-state index in [0.29, 0.717) is 28.3 Å². The lowest BCUT2D eigenvalue weighted by atomic mass is 10.2. The molecular weight excluding hydrogens is 392 g/mol. The zero-order valence-corrected chi connectivity index (χ0v) is 16.7. The van der Waals surface area contributed by atoms with Crippen LogP contribution < -0.4 is 20.2 Å². The Hall–Kier alpha value is -3.53. The molecule has 0 atom stereocenters. The van der Waals surface area contributed by atoms with Gasteiger partial charge in [0.05, 0.1) is 26.2 Å². The number of amides is 1. The van der Waals surface area contributed by atoms with Gasteiger partial charge in [-0.3, -0.25) is 4.79 Å². The fourth-order valence-corrected chi connectivity index (χ4v) is 2.91. The number of hydrogen-bond acceptors (Lipinski definition) is 8. The number of anilines is 2. The number of carbonyl (C=O) groups excluding carboxylic acids is 1. The molecule has 1 heterocycles. The van der Waals surface area contributed by atoms with Crippen LogP contribution in [0.2, 0.25) is 0 Å². The SMILES string of the molecule is COc1ccc(NC(=O)CSc2n[nH]c(N/N=C\c3ccccc3)n2)cc1OC. The maximum absolute atomic E-state index is 12.2. The Balaban J connectivity index is 1.48. The minimum atomic E-state index is -0.191. The van der Waals surface area contributed by atoms with Crippen molar-refractivity contribution in [3.8, 4) is 11.5 Å². The van der Waals surface area contributed by atoms with E-state index in [2.05, 4.69) is 31.0 Å². The summed E-state index contributed by atoms with van der Waals surface area (Å²) in [5.74, 6) is 1.48. The Morgan fingerprint density at radius 1 is 1.17 bits per heavy atom. The standard InChI is InChI=1S/C19H20N6O3S/c1-27-15-9-8-14(10-16(15)28-2)21-17(26)12-29-19-22-18(24-25-19)23-20-11-13-6-4-3-5-7-13/h3-11H,12H2,1-2H3,(H,21,26)(H2,22,23,24,25)/b20-11-. The van der Waals surface area contributed by atoms with Gasteiger partial charge in [0, 0.05) is 11.8 Å². The fraction of sp³-hybridized carbons (Fsp3) is 0.158. The number of aromatic amines is 1. The molecule has 29 heavy (non-hydrogen) atoms. The normalized spacial score (nSPS) is 10.7. The number of thioether (sulfide) groups is 1. The second-order valence-electron chi connectivity index (χ2n) is 5.65. The molecule has 0 aliphatic heterocycles. The van der Waals surface area contributed by atoms with Crippen LogP contribution in [0.3, 0.4) is 0 Å². The number of nitrogens with one attached hydrogen (secondary N) is 3. The van der Waals surface area contributed by atoms with E-state index in [1.165, 1.54) is 18.9 Å². The van der Waals surface area contributed by atoms with Crippen LogP contribution in [0.15, 0.2) is 58.8 Å². The van der Waals surface area contributed by atoms with Crippen molar-refractivity contribution in [2.75, 3.05) is 30.7 Å². The summed E-state index contributed by atoms with van der Waals surface area (Å²) >= 11 is 1.20. The molecule has 0 spiro atoms. The van der Waals surface area contributed by atoms with Gasteiger partial charge in [-0.15, -0.1) is 5.10 Å². The molecule has 3 rings (SSSR count). The number of H-pyrrole nitrogens is 1. The summed E-state index contributed by atoms with van der Waals surface area (Å²) in [7, 11) is 3.10. The van der Waals surface area contributed by atoms with Crippen molar-refractivity contribution < 1.29 is 14.3 Å². The first-order valence-corrected chi connectivity index (χ1v) is 9.57. The third kappa shape index (κ3) is 5.98. The average Bonchev–Trinajstić information content (AvgIpc) is 3.20. The molecule has 0 saturated heterocycles. The summed E-state index contributed by atoms with van der Waals surface area (Å²) < 4.78 is 10.4. The largest absolute Gasteiger partial charge is 0.493 e. The Morgan fingerprint density at radius 2 is 1.97 bits per heavy atom. The van der Waals surface area contributed by atoms with Gasteiger partial charge in [0.15, 0.2) is 11.5 Å². The topological polar surface area (TPSA) is 114 Å². The van der Waals surface area contributed by atoms with Crippen molar-refractivity contribution in [1.29, 1.82) is 0 Å². The number of aromatic nitrogens is 3. The van der Waals surface area contributed by atoms with Gasteiger partial charge in [-0.1, -0.05) is 42.1 Å². The van der Waals surface area contributed by atoms with E-state index in [-0.39, 0.29) is 11.7 Å². The monoisotopic (exact) mass is 412 g/mol. The second-order valence-corrected chi connectivity index (χ2v) is 6.60. The highest BCUT2D eigenvalue weighted by molar-refractivity contribution is 7.99. The minimum absolute atomic E-state index is 0.152. The Kier molecular flexibility index (Phi) is 7.06. The number of hydrazone groups is 1. The van der Waals surface area contributed by atoms with Crippen molar-refractivity contribution in [2.45, 2.75) is 5.16 Å². The molecular formula is C19H20N6O3S. The molecule has 9 nitrogen and oxygen atoms in total. The molecule has 0 fully saturated rings. The van der Waals surface area contributed by atoms with E-state index >= 15 is 0 Å². The first-order valence-electron chi connectivity index (χ1n) is 8.59. The van der Waals surface area contributed by atoms with Gasteiger partial charge in [-0.2, -0.15) is 10.1 Å². The maximum Gasteiger partial charge on any atom is 0.240 e. The minimum Gasteiger partial charge on any atom is -0.493 e. The van der Waals surface area contributed by atoms with Crippen molar-refractivity contribution in [3.63, 3.8) is 0 Å². The lowest BCUT2D eigenvalue weighted by molar-refractivity contribution is -0.113. The van der Waals surface area contributed by atoms with Crippen LogP contribution in [0, 0.1) is 0 Å². The summed E-state index contributed by atoms with van der Waals surface area (Å²) in [6.07, 6.45) is 1.67. The molecule has 0 saturated carbocycles. The molecule has 2 aromatic carbocycles. The van der Waals surface area contributed by atoms with Crippen LogP contribution in [-0.4, -0.2) is 47.3 Å². The predicted molar refractivity (Wildman–Crippen MR) is 113 cm³/mol. The molecule has 10 heteroatoms. The molecule has 1 aromatic heterocycles. The lowest BCUT2D eigenvalue weighted by Gasteiger charge is -2.10. The van der Waals surface area contributed by atoms with E-state index in [0.717, 1.165) is 5.56 Å². The zero-order chi connectivity index (χ0) is 20.5. The molecule has 3 aromatic rings. The molecule has 150 valence electrons. The van der Waals surface area contributed by atoms with Crippen LogP contribution in [0.4, 0.5) is 11.6 Å². The lowest BCUT2D eigenvalue weighted by Crippen LogP contribution is -2.14. The van der Waals surface area contributed by atoms with Gasteiger partial charge in [-0.25, -0.2) is 10.5 Å². The van der Waals surface area contributed by atoms with Crippen molar-refractivity contribution in [3.05, 3.63) is 54.1 Å². The number of carbonyl (C=O) groups is 1. The smallest absolute Gasteiger partial charge is 0.240 e. The molecule has 0 aliphatic rings. The Labute approximate surface area is 171 Å². The van der Waals surface area contributed by atoms with E-state index in [1.54, 1.807) is 31.5 Å². The van der Waals surface area contributed by atoms with Crippen molar-refractivity contribution in [1.82, 2.24) is 15.2 Å². The van der Waals surface area contributed by atoms with Crippen molar-refractivity contribution >= 4 is 35.5 Å². The number of benzene rings is 2. The van der Waals surface area contributed by atoms with E-state index in [1.807, 2.05) is 30.3 Å². The first-order chi connectivity index (χ1) is 14.2. The van der Waals surface area contributed by atoms with Crippen LogP contribution in [-0.2, 0) is 4.79 Å². The van der Waals surface area contributed by atoms with E-state index < -0.39 is 0 Å². The summed E-state index contributed by atoms with van der Waals surface area (Å²) in [5.41, 5.74) is 4.34. The maximum atomic E-state index is 12.2. The number of nitrogens with zero attached hydrogens (tertiary/aromatic N) is 3. The molecule has 0 bridgehead atoms. The van der Waals surface area contributed by atoms with Crippen LogP contribution in [0.1, 0.15) is 5.56 Å². The van der Waals surface area contributed by atoms with Crippen LogP contribution >= 0.6 is 11.8 Å². The number of ether oxygens (including phenoxy) is 2. The number of hydrogen-bond donors (Lipinski definition) is 3. The molecule has 1 amide bonds. The second kappa shape index (κ2) is 10.1. The quantitative estimate of drug-likeness (QED) is 0.281. The summed E-state index contributed by atoms with van der Waals surface area (Å²) in [6.45, 7) is 0. The first kappa shape index (κ1) is 20.2. The molecule has 3 N–H and O–H groups in total. The third-order valence-corrected chi connectivity index (χ3v) is 4.50. The van der Waals surface area contributed by atoms with Gasteiger partial charge in [0.25, 0.3) is 0 Å². The van der Waals surface area contributed by atoms with Crippen LogP contribution in [0.25, 0.3) is 0 Å². The van der Waals surface area contributed by atoms with Crippen LogP contribution in [0.5, 0.6) is 11.5 Å². The summed E-state index contributed by atoms with van der Waals surface area (Å²) in [4.78, 5) is 16.4. The predicted octanol–water partition coefficient (Wildman–Crippen LogP) is 3.00. The molecule has 0 unspecified atom stereocenters. The number of methoxy groups -OCH3 is 2. The Morgan fingerprint density at radius 3 is 2.72 bits per heavy atom. The van der Waals surface area contributed by atoms with Gasteiger partial charge in [0.1, 0.15) is 0 Å². The molecule has 0 aliphatic carbocycles. The summed E-state index contributed by atoms with van der Waals surface area (Å²) in [5, 5.41) is 14.1.